The Labute approximate surface area is 134 Å². The molecule has 114 valence electrons. The van der Waals surface area contributed by atoms with Crippen LogP contribution in [0.4, 0.5) is 10.9 Å². The molecule has 6 heteroatoms. The van der Waals surface area contributed by atoms with Crippen molar-refractivity contribution >= 4 is 22.5 Å². The van der Waals surface area contributed by atoms with E-state index in [-0.39, 0.29) is 0 Å². The Hall–Kier alpha value is -1.69. The Morgan fingerprint density at radius 1 is 1.00 bits per heavy atom. The Kier molecular flexibility index (Phi) is 2.86. The predicted molar refractivity (Wildman–Crippen MR) is 87.5 cm³/mol. The molecule has 3 aliphatic rings. The zero-order valence-corrected chi connectivity index (χ0v) is 13.2. The number of pyridine rings is 1. The summed E-state index contributed by atoms with van der Waals surface area (Å²) in [5.41, 5.74) is 0. The number of anilines is 2. The van der Waals surface area contributed by atoms with Gasteiger partial charge in [0.05, 0.1) is 0 Å². The van der Waals surface area contributed by atoms with Gasteiger partial charge in [0.25, 0.3) is 0 Å². The second-order valence-electron chi connectivity index (χ2n) is 6.73. The summed E-state index contributed by atoms with van der Waals surface area (Å²) in [4.78, 5) is 14.1. The van der Waals surface area contributed by atoms with E-state index in [2.05, 4.69) is 31.3 Å². The van der Waals surface area contributed by atoms with Gasteiger partial charge in [-0.1, -0.05) is 6.07 Å². The lowest BCUT2D eigenvalue weighted by atomic mass is 10.0. The minimum absolute atomic E-state index is 0.659. The van der Waals surface area contributed by atoms with Gasteiger partial charge in [-0.05, 0) is 25.0 Å². The Balaban J connectivity index is 1.27. The first kappa shape index (κ1) is 12.8. The summed E-state index contributed by atoms with van der Waals surface area (Å²) in [6.07, 6.45) is 4.44. The number of fused-ring (bicyclic) bond motifs is 1. The first-order chi connectivity index (χ1) is 10.9. The molecule has 1 saturated carbocycles. The van der Waals surface area contributed by atoms with E-state index < -0.39 is 0 Å². The maximum absolute atomic E-state index is 4.77. The first-order valence-electron chi connectivity index (χ1n) is 8.11. The van der Waals surface area contributed by atoms with E-state index in [0.29, 0.717) is 5.92 Å². The van der Waals surface area contributed by atoms with Crippen LogP contribution in [0.15, 0.2) is 24.4 Å². The van der Waals surface area contributed by atoms with Gasteiger partial charge < -0.3 is 9.80 Å². The summed E-state index contributed by atoms with van der Waals surface area (Å²) >= 11 is 1.59. The van der Waals surface area contributed by atoms with Gasteiger partial charge in [-0.25, -0.2) is 9.97 Å². The molecule has 0 aromatic carbocycles. The quantitative estimate of drug-likeness (QED) is 0.870. The lowest BCUT2D eigenvalue weighted by molar-refractivity contribution is 0.533. The molecule has 2 unspecified atom stereocenters. The van der Waals surface area contributed by atoms with Gasteiger partial charge in [0.1, 0.15) is 11.6 Å². The van der Waals surface area contributed by atoms with Crippen molar-refractivity contribution < 1.29 is 0 Å². The summed E-state index contributed by atoms with van der Waals surface area (Å²) in [7, 11) is 0. The van der Waals surface area contributed by atoms with Gasteiger partial charge in [-0.15, -0.1) is 0 Å². The standard InChI is InChI=1S/C16H19N5S/c1-2-6-17-14(3-1)20-7-12-9-21(10-13(12)8-20)16-18-15(19-22-16)11-4-5-11/h1-3,6,11-13H,4-5,7-10H2. The fourth-order valence-electron chi connectivity index (χ4n) is 3.74. The molecule has 22 heavy (non-hydrogen) atoms. The maximum atomic E-state index is 4.77. The zero-order chi connectivity index (χ0) is 14.5. The highest BCUT2D eigenvalue weighted by atomic mass is 32.1. The van der Waals surface area contributed by atoms with Gasteiger partial charge >= 0.3 is 0 Å². The van der Waals surface area contributed by atoms with E-state index in [4.69, 9.17) is 4.98 Å². The third-order valence-corrected chi connectivity index (χ3v) is 5.89. The van der Waals surface area contributed by atoms with Crippen molar-refractivity contribution in [1.29, 1.82) is 0 Å². The summed E-state index contributed by atoms with van der Waals surface area (Å²) in [5, 5.41) is 1.14. The van der Waals surface area contributed by atoms with E-state index in [1.165, 1.54) is 12.8 Å². The third-order valence-electron chi connectivity index (χ3n) is 5.10. The summed E-state index contributed by atoms with van der Waals surface area (Å²) in [6.45, 7) is 4.47. The normalized spacial score (nSPS) is 27.5. The SMILES string of the molecule is c1ccc(N2CC3CN(c4nc(C5CC5)ns4)CC3C2)nc1. The van der Waals surface area contributed by atoms with E-state index in [9.17, 15) is 0 Å². The van der Waals surface area contributed by atoms with Crippen LogP contribution in [0.5, 0.6) is 0 Å². The monoisotopic (exact) mass is 313 g/mol. The topological polar surface area (TPSA) is 45.2 Å². The second-order valence-corrected chi connectivity index (χ2v) is 7.46. The van der Waals surface area contributed by atoms with E-state index in [1.807, 2.05) is 12.3 Å². The highest BCUT2D eigenvalue weighted by Crippen LogP contribution is 2.41. The first-order valence-corrected chi connectivity index (χ1v) is 8.89. The number of rotatable bonds is 3. The molecule has 0 bridgehead atoms. The number of aromatic nitrogens is 3. The fourth-order valence-corrected chi connectivity index (χ4v) is 4.50. The molecule has 2 saturated heterocycles. The lowest BCUT2D eigenvalue weighted by Crippen LogP contribution is -2.29. The zero-order valence-electron chi connectivity index (χ0n) is 12.4. The van der Waals surface area contributed by atoms with E-state index in [0.717, 1.165) is 54.8 Å². The Morgan fingerprint density at radius 3 is 2.45 bits per heavy atom. The van der Waals surface area contributed by atoms with Crippen molar-refractivity contribution in [3.8, 4) is 0 Å². The van der Waals surface area contributed by atoms with Crippen molar-refractivity contribution in [3.05, 3.63) is 30.2 Å². The number of nitrogens with zero attached hydrogens (tertiary/aromatic N) is 5. The van der Waals surface area contributed by atoms with Crippen LogP contribution in [0.3, 0.4) is 0 Å². The smallest absolute Gasteiger partial charge is 0.205 e. The van der Waals surface area contributed by atoms with Crippen molar-refractivity contribution in [1.82, 2.24) is 14.3 Å². The van der Waals surface area contributed by atoms with Crippen LogP contribution in [-0.2, 0) is 0 Å². The van der Waals surface area contributed by atoms with Crippen LogP contribution < -0.4 is 9.80 Å². The molecule has 5 rings (SSSR count). The molecule has 2 atom stereocenters. The fraction of sp³-hybridized carbons (Fsp3) is 0.562. The summed E-state index contributed by atoms with van der Waals surface area (Å²) in [5.74, 6) is 4.33. The third kappa shape index (κ3) is 2.17. The molecule has 2 aromatic heterocycles. The second kappa shape index (κ2) is 4.91. The highest BCUT2D eigenvalue weighted by Gasteiger charge is 2.41. The van der Waals surface area contributed by atoms with Crippen LogP contribution in [-0.4, -0.2) is 40.5 Å². The number of hydrogen-bond donors (Lipinski definition) is 0. The molecule has 3 fully saturated rings. The molecule has 0 N–H and O–H groups in total. The molecule has 2 aromatic rings. The van der Waals surface area contributed by atoms with Crippen molar-refractivity contribution in [2.45, 2.75) is 18.8 Å². The van der Waals surface area contributed by atoms with Gasteiger partial charge in [0.15, 0.2) is 0 Å². The molecule has 0 spiro atoms. The Bertz CT molecular complexity index is 654. The molecule has 5 nitrogen and oxygen atoms in total. The van der Waals surface area contributed by atoms with Gasteiger partial charge in [0.2, 0.25) is 5.13 Å². The van der Waals surface area contributed by atoms with Crippen LogP contribution in [0, 0.1) is 11.8 Å². The van der Waals surface area contributed by atoms with Gasteiger partial charge in [-0.3, -0.25) is 0 Å². The van der Waals surface area contributed by atoms with E-state index in [1.54, 1.807) is 11.5 Å². The summed E-state index contributed by atoms with van der Waals surface area (Å²) < 4.78 is 4.55. The predicted octanol–water partition coefficient (Wildman–Crippen LogP) is 2.38. The minimum atomic E-state index is 0.659. The van der Waals surface area contributed by atoms with Crippen LogP contribution >= 0.6 is 11.5 Å². The highest BCUT2D eigenvalue weighted by molar-refractivity contribution is 7.09. The van der Waals surface area contributed by atoms with Crippen LogP contribution in [0.1, 0.15) is 24.6 Å². The van der Waals surface area contributed by atoms with Crippen LogP contribution in [0.25, 0.3) is 0 Å². The van der Waals surface area contributed by atoms with E-state index >= 15 is 0 Å². The molecule has 0 radical (unpaired) electrons. The average Bonchev–Trinajstić information content (AvgIpc) is 2.98. The summed E-state index contributed by atoms with van der Waals surface area (Å²) in [6, 6.07) is 6.17. The lowest BCUT2D eigenvalue weighted by Gasteiger charge is -2.21. The molecular formula is C16H19N5S. The maximum Gasteiger partial charge on any atom is 0.205 e. The Morgan fingerprint density at radius 2 is 1.77 bits per heavy atom. The van der Waals surface area contributed by atoms with Crippen molar-refractivity contribution in [3.63, 3.8) is 0 Å². The van der Waals surface area contributed by atoms with Gasteiger partial charge in [-0.2, -0.15) is 4.37 Å². The molecule has 1 aliphatic carbocycles. The average molecular weight is 313 g/mol. The number of hydrogen-bond acceptors (Lipinski definition) is 6. The largest absolute Gasteiger partial charge is 0.356 e. The molecular weight excluding hydrogens is 294 g/mol. The van der Waals surface area contributed by atoms with Crippen molar-refractivity contribution in [2.24, 2.45) is 11.8 Å². The molecule has 2 aliphatic heterocycles. The van der Waals surface area contributed by atoms with Gasteiger partial charge in [0, 0.05) is 61.7 Å². The van der Waals surface area contributed by atoms with Crippen LogP contribution in [0.2, 0.25) is 0 Å². The minimum Gasteiger partial charge on any atom is -0.356 e. The van der Waals surface area contributed by atoms with Crippen molar-refractivity contribution in [2.75, 3.05) is 36.0 Å². The molecule has 0 amide bonds. The molecule has 4 heterocycles.